The normalized spacial score (nSPS) is 16.9. The number of aliphatic hydroxyl groups excluding tert-OH is 1. The highest BCUT2D eigenvalue weighted by atomic mass is 32.2. The van der Waals surface area contributed by atoms with Crippen LogP contribution in [0.2, 0.25) is 0 Å². The van der Waals surface area contributed by atoms with Crippen molar-refractivity contribution < 1.29 is 23.2 Å². The first-order valence-corrected chi connectivity index (χ1v) is 14.7. The lowest BCUT2D eigenvalue weighted by atomic mass is 9.82. The van der Waals surface area contributed by atoms with Crippen LogP contribution in [0.15, 0.2) is 59.5 Å². The Morgan fingerprint density at radius 1 is 1.08 bits per heavy atom. The molecule has 0 heterocycles. The van der Waals surface area contributed by atoms with E-state index in [0.29, 0.717) is 12.8 Å². The number of hydrogen-bond donors (Lipinski definition) is 2. The van der Waals surface area contributed by atoms with Gasteiger partial charge in [0.1, 0.15) is 0 Å². The Kier molecular flexibility index (Phi) is 10.0. The highest BCUT2D eigenvalue weighted by Crippen LogP contribution is 2.41. The number of nitro groups is 1. The van der Waals surface area contributed by atoms with E-state index in [4.69, 9.17) is 0 Å². The van der Waals surface area contributed by atoms with Crippen LogP contribution in [0, 0.1) is 21.4 Å². The molecule has 2 aromatic rings. The fraction of sp³-hybridized carbons (Fsp3) is 0.536. The van der Waals surface area contributed by atoms with Crippen LogP contribution in [0.25, 0.3) is 0 Å². The maximum absolute atomic E-state index is 13.6. The smallest absolute Gasteiger partial charge is 0.269 e. The predicted molar refractivity (Wildman–Crippen MR) is 146 cm³/mol. The van der Waals surface area contributed by atoms with Crippen LogP contribution in [0.3, 0.4) is 0 Å². The molecule has 2 N–H and O–H groups in total. The van der Waals surface area contributed by atoms with E-state index in [9.17, 15) is 28.4 Å². The molecule has 2 atom stereocenters. The van der Waals surface area contributed by atoms with Gasteiger partial charge in [-0.15, -0.1) is 0 Å². The summed E-state index contributed by atoms with van der Waals surface area (Å²) in [5.74, 6) is -0.134. The molecule has 1 aliphatic carbocycles. The van der Waals surface area contributed by atoms with Crippen molar-refractivity contribution in [2.24, 2.45) is 11.3 Å². The molecule has 208 valence electrons. The summed E-state index contributed by atoms with van der Waals surface area (Å²) >= 11 is 0. The van der Waals surface area contributed by atoms with Gasteiger partial charge in [-0.25, -0.2) is 8.42 Å². The third-order valence-electron chi connectivity index (χ3n) is 7.44. The van der Waals surface area contributed by atoms with Gasteiger partial charge in [0.15, 0.2) is 0 Å². The summed E-state index contributed by atoms with van der Waals surface area (Å²) in [6.45, 7) is 5.67. The van der Waals surface area contributed by atoms with Crippen molar-refractivity contribution in [3.63, 3.8) is 0 Å². The lowest BCUT2D eigenvalue weighted by Crippen LogP contribution is -2.53. The molecule has 0 radical (unpaired) electrons. The molecule has 1 fully saturated rings. The molecule has 3 rings (SSSR count). The predicted octanol–water partition coefficient (Wildman–Crippen LogP) is 4.30. The van der Waals surface area contributed by atoms with Crippen LogP contribution in [-0.2, 0) is 21.2 Å². The summed E-state index contributed by atoms with van der Waals surface area (Å²) in [6.07, 6.45) is 3.46. The number of nitrogens with one attached hydrogen (secondary N) is 1. The first-order chi connectivity index (χ1) is 18.0. The van der Waals surface area contributed by atoms with Crippen LogP contribution in [0.5, 0.6) is 0 Å². The van der Waals surface area contributed by atoms with Gasteiger partial charge in [0.25, 0.3) is 5.69 Å². The quantitative estimate of drug-likeness (QED) is 0.285. The Labute approximate surface area is 225 Å². The van der Waals surface area contributed by atoms with Gasteiger partial charge < -0.3 is 10.4 Å². The number of carbonyl (C=O) groups is 1. The molecule has 0 aromatic heterocycles. The van der Waals surface area contributed by atoms with Gasteiger partial charge in [-0.2, -0.15) is 4.31 Å². The second-order valence-electron chi connectivity index (χ2n) is 10.6. The summed E-state index contributed by atoms with van der Waals surface area (Å²) in [6, 6.07) is 13.5. The zero-order valence-electron chi connectivity index (χ0n) is 22.4. The van der Waals surface area contributed by atoms with Crippen molar-refractivity contribution in [1.82, 2.24) is 9.62 Å². The zero-order valence-corrected chi connectivity index (χ0v) is 23.2. The summed E-state index contributed by atoms with van der Waals surface area (Å²) < 4.78 is 28.3. The Balaban J connectivity index is 1.88. The number of aliphatic hydroxyl groups is 1. The monoisotopic (exact) mass is 545 g/mol. The number of amides is 1. The summed E-state index contributed by atoms with van der Waals surface area (Å²) in [7, 11) is -4.06. The van der Waals surface area contributed by atoms with Crippen LogP contribution in [0.4, 0.5) is 5.69 Å². The number of nitrogens with zero attached hydrogens (tertiary/aromatic N) is 2. The topological polar surface area (TPSA) is 130 Å². The van der Waals surface area contributed by atoms with Crippen LogP contribution in [0.1, 0.15) is 58.4 Å². The zero-order chi connectivity index (χ0) is 27.9. The van der Waals surface area contributed by atoms with Gasteiger partial charge in [0.05, 0.1) is 22.0 Å². The van der Waals surface area contributed by atoms with Crippen molar-refractivity contribution in [2.45, 2.75) is 76.3 Å². The minimum atomic E-state index is -4.06. The maximum atomic E-state index is 13.6. The number of hydrogen-bond acceptors (Lipinski definition) is 6. The fourth-order valence-corrected chi connectivity index (χ4v) is 6.79. The second kappa shape index (κ2) is 12.8. The molecule has 1 saturated carbocycles. The van der Waals surface area contributed by atoms with E-state index < -0.39 is 32.5 Å². The SMILES string of the molecule is CCC1(C(=O)NC(Cc2ccccc2)C(O)CN(CC(C)C)S(=O)(=O)c2ccc([N+](=O)[O-])cc2)CCCC1. The minimum absolute atomic E-state index is 0.0426. The Bertz CT molecular complexity index is 1180. The van der Waals surface area contributed by atoms with Crippen LogP contribution < -0.4 is 5.32 Å². The highest BCUT2D eigenvalue weighted by molar-refractivity contribution is 7.89. The molecule has 0 saturated heterocycles. The molecule has 1 aliphatic rings. The average molecular weight is 546 g/mol. The summed E-state index contributed by atoms with van der Waals surface area (Å²) in [5.41, 5.74) is 0.251. The largest absolute Gasteiger partial charge is 0.390 e. The molecule has 0 aliphatic heterocycles. The minimum Gasteiger partial charge on any atom is -0.390 e. The van der Waals surface area contributed by atoms with Gasteiger partial charge in [-0.05, 0) is 49.3 Å². The fourth-order valence-electron chi connectivity index (χ4n) is 5.17. The molecule has 0 spiro atoms. The van der Waals surface area contributed by atoms with Crippen molar-refractivity contribution in [3.05, 3.63) is 70.3 Å². The van der Waals surface area contributed by atoms with Crippen molar-refractivity contribution in [3.8, 4) is 0 Å². The molecule has 9 nitrogen and oxygen atoms in total. The number of rotatable bonds is 13. The van der Waals surface area contributed by atoms with Crippen molar-refractivity contribution in [1.29, 1.82) is 0 Å². The highest BCUT2D eigenvalue weighted by Gasteiger charge is 2.41. The van der Waals surface area contributed by atoms with Gasteiger partial charge in [0.2, 0.25) is 15.9 Å². The molecule has 1 amide bonds. The molecule has 38 heavy (non-hydrogen) atoms. The maximum Gasteiger partial charge on any atom is 0.269 e. The van der Waals surface area contributed by atoms with Crippen LogP contribution >= 0.6 is 0 Å². The van der Waals surface area contributed by atoms with E-state index in [-0.39, 0.29) is 35.5 Å². The van der Waals surface area contributed by atoms with Gasteiger partial charge in [-0.1, -0.05) is 63.9 Å². The van der Waals surface area contributed by atoms with Gasteiger partial charge in [-0.3, -0.25) is 14.9 Å². The Hall–Kier alpha value is -2.82. The van der Waals surface area contributed by atoms with E-state index in [1.165, 1.54) is 16.4 Å². The summed E-state index contributed by atoms with van der Waals surface area (Å²) in [4.78, 5) is 23.8. The van der Waals surface area contributed by atoms with E-state index in [1.807, 2.05) is 51.1 Å². The average Bonchev–Trinajstić information content (AvgIpc) is 3.39. The second-order valence-corrected chi connectivity index (χ2v) is 12.6. The molecular formula is C28H39N3O6S. The number of non-ortho nitro benzene ring substituents is 1. The van der Waals surface area contributed by atoms with E-state index in [0.717, 1.165) is 43.4 Å². The third kappa shape index (κ3) is 7.18. The Morgan fingerprint density at radius 2 is 1.68 bits per heavy atom. The first-order valence-electron chi connectivity index (χ1n) is 13.3. The molecule has 0 bridgehead atoms. The number of sulfonamides is 1. The van der Waals surface area contributed by atoms with Crippen molar-refractivity contribution in [2.75, 3.05) is 13.1 Å². The number of nitro benzene ring substituents is 1. The van der Waals surface area contributed by atoms with Crippen molar-refractivity contribution >= 4 is 21.6 Å². The number of carbonyl (C=O) groups excluding carboxylic acids is 1. The lowest BCUT2D eigenvalue weighted by molar-refractivity contribution is -0.384. The summed E-state index contributed by atoms with van der Waals surface area (Å²) in [5, 5.41) is 25.5. The third-order valence-corrected chi connectivity index (χ3v) is 9.29. The standard InChI is InChI=1S/C28H39N3O6S/c1-4-28(16-8-9-17-28)27(33)29-25(18-22-10-6-5-7-11-22)26(32)20-30(19-21(2)3)38(36,37)24-14-12-23(13-15-24)31(34)35/h5-7,10-15,21,25-26,32H,4,8-9,16-20H2,1-3H3,(H,29,33). The first kappa shape index (κ1) is 29.7. The van der Waals surface area contributed by atoms with Gasteiger partial charge in [0, 0.05) is 30.6 Å². The molecule has 2 unspecified atom stereocenters. The molecule has 2 aromatic carbocycles. The number of benzene rings is 2. The molecular weight excluding hydrogens is 506 g/mol. The Morgan fingerprint density at radius 3 is 2.21 bits per heavy atom. The van der Waals surface area contributed by atoms with E-state index in [1.54, 1.807) is 0 Å². The van der Waals surface area contributed by atoms with E-state index in [2.05, 4.69) is 5.32 Å². The lowest BCUT2D eigenvalue weighted by Gasteiger charge is -2.34. The van der Waals surface area contributed by atoms with E-state index >= 15 is 0 Å². The van der Waals surface area contributed by atoms with Gasteiger partial charge >= 0.3 is 0 Å². The molecule has 10 heteroatoms. The van der Waals surface area contributed by atoms with Crippen LogP contribution in [-0.4, -0.2) is 53.9 Å².